The third kappa shape index (κ3) is 300. The molecule has 0 amide bonds. The van der Waals surface area contributed by atoms with E-state index in [2.05, 4.69) is 0 Å². The van der Waals surface area contributed by atoms with Gasteiger partial charge in [-0.1, -0.05) is 0 Å². The topological polar surface area (TPSA) is 180 Å². The Morgan fingerprint density at radius 3 is 0.444 bits per heavy atom. The number of rotatable bonds is 0. The van der Waals surface area contributed by atoms with Crippen LogP contribution in [0.1, 0.15) is 0 Å². The van der Waals surface area contributed by atoms with Crippen molar-refractivity contribution >= 4 is 0 Å². The summed E-state index contributed by atoms with van der Waals surface area (Å²) in [7, 11) is 0. The Bertz CT molecular complexity index is 13.0. The largest absolute Gasteiger partial charge is 2.00 e. The molecule has 0 rings (SSSR count). The quantitative estimate of drug-likeness (QED) is 0.507. The van der Waals surface area contributed by atoms with Gasteiger partial charge in [0.25, 0.3) is 0 Å². The SMILES string of the molecule is [Co+2].[Mn+2].[Ni+2].[OH-].[OH-].[OH-].[OH-].[OH-].[OH-]. The van der Waals surface area contributed by atoms with E-state index in [9.17, 15) is 0 Å². The van der Waals surface area contributed by atoms with Crippen molar-refractivity contribution in [2.24, 2.45) is 0 Å². The molecule has 0 aliphatic rings. The Morgan fingerprint density at radius 2 is 0.444 bits per heavy atom. The second-order valence-corrected chi connectivity index (χ2v) is 0. The van der Waals surface area contributed by atoms with Gasteiger partial charge in [-0.05, 0) is 0 Å². The van der Waals surface area contributed by atoms with Crippen LogP contribution in [0.25, 0.3) is 0 Å². The van der Waals surface area contributed by atoms with E-state index in [-0.39, 0.29) is 83.2 Å². The first-order valence-corrected chi connectivity index (χ1v) is 0. The molecule has 0 spiro atoms. The van der Waals surface area contributed by atoms with Gasteiger partial charge >= 0.3 is 50.3 Å². The fraction of sp³-hybridized carbons (Fsp3) is 0. The van der Waals surface area contributed by atoms with E-state index in [0.717, 1.165) is 0 Å². The van der Waals surface area contributed by atoms with Gasteiger partial charge in [0.1, 0.15) is 0 Å². The second kappa shape index (κ2) is 389. The van der Waals surface area contributed by atoms with E-state index in [1.165, 1.54) is 0 Å². The molecule has 0 saturated heterocycles. The second-order valence-electron chi connectivity index (χ2n) is 0. The van der Waals surface area contributed by atoms with Crippen molar-refractivity contribution < 1.29 is 83.2 Å². The van der Waals surface area contributed by atoms with E-state index in [4.69, 9.17) is 0 Å². The van der Waals surface area contributed by atoms with Gasteiger partial charge in [-0.25, -0.2) is 0 Å². The predicted molar refractivity (Wildman–Crippen MR) is 11.6 cm³/mol. The van der Waals surface area contributed by atoms with Crippen molar-refractivity contribution in [3.8, 4) is 0 Å². The Morgan fingerprint density at radius 1 is 0.444 bits per heavy atom. The van der Waals surface area contributed by atoms with Crippen LogP contribution in [-0.2, 0) is 50.3 Å². The first-order valence-electron chi connectivity index (χ1n) is 0. The van der Waals surface area contributed by atoms with Crippen LogP contribution in [0.3, 0.4) is 0 Å². The fourth-order valence-electron chi connectivity index (χ4n) is 0. The van der Waals surface area contributed by atoms with Gasteiger partial charge in [-0.2, -0.15) is 0 Å². The van der Waals surface area contributed by atoms with Crippen LogP contribution >= 0.6 is 0 Å². The minimum Gasteiger partial charge on any atom is -0.870 e. The van der Waals surface area contributed by atoms with Crippen LogP contribution < -0.4 is 0 Å². The van der Waals surface area contributed by atoms with Crippen molar-refractivity contribution in [2.45, 2.75) is 0 Å². The minimum absolute atomic E-state index is 0. The van der Waals surface area contributed by atoms with Crippen molar-refractivity contribution in [3.05, 3.63) is 0 Å². The van der Waals surface area contributed by atoms with Crippen LogP contribution in [0, 0.1) is 0 Å². The molecular weight excluding hydrogens is 269 g/mol. The average Bonchev–Trinajstić information content (AvgIpc) is 0. The van der Waals surface area contributed by atoms with Gasteiger partial charge in [-0.3, -0.25) is 0 Å². The molecule has 68 valence electrons. The van der Waals surface area contributed by atoms with Crippen LogP contribution in [0.2, 0.25) is 0 Å². The summed E-state index contributed by atoms with van der Waals surface area (Å²) in [6.45, 7) is 0. The van der Waals surface area contributed by atoms with E-state index in [1.54, 1.807) is 0 Å². The molecule has 0 aliphatic carbocycles. The molecular formula is H6CoMnNiO6. The molecule has 0 bridgehead atoms. The summed E-state index contributed by atoms with van der Waals surface area (Å²) in [5.74, 6) is 0. The van der Waals surface area contributed by atoms with Crippen molar-refractivity contribution in [3.63, 3.8) is 0 Å². The molecule has 0 unspecified atom stereocenters. The van der Waals surface area contributed by atoms with Gasteiger partial charge in [0, 0.05) is 0 Å². The Labute approximate surface area is 83.2 Å². The first kappa shape index (κ1) is 541. The van der Waals surface area contributed by atoms with Gasteiger partial charge < -0.3 is 32.9 Å². The molecule has 9 heteroatoms. The number of hydrogen-bond donors (Lipinski definition) is 0. The zero-order valence-corrected chi connectivity index (χ0v) is 6.92. The maximum atomic E-state index is 0. The van der Waals surface area contributed by atoms with Crippen molar-refractivity contribution in [1.82, 2.24) is 0 Å². The zero-order chi connectivity index (χ0) is 0. The summed E-state index contributed by atoms with van der Waals surface area (Å²) in [4.78, 5) is 0. The van der Waals surface area contributed by atoms with Gasteiger partial charge in [0.2, 0.25) is 0 Å². The molecule has 6 N–H and O–H groups in total. The van der Waals surface area contributed by atoms with Crippen LogP contribution in [-0.4, -0.2) is 32.9 Å². The summed E-state index contributed by atoms with van der Waals surface area (Å²) >= 11 is 0. The molecule has 0 aromatic rings. The zero-order valence-electron chi connectivity index (χ0n) is 3.71. The monoisotopic (exact) mass is 274 g/mol. The molecule has 2 radical (unpaired) electrons. The maximum absolute atomic E-state index is 0. The molecule has 0 heterocycles. The smallest absolute Gasteiger partial charge is 0.870 e. The van der Waals surface area contributed by atoms with Gasteiger partial charge in [0.05, 0.1) is 0 Å². The average molecular weight is 275 g/mol. The molecule has 0 saturated carbocycles. The Balaban J connectivity index is 0. The predicted octanol–water partition coefficient (Wildman–Crippen LogP) is -1.07. The standard InChI is InChI=1S/Co.Mn.Ni.6H2O/h;;;6*1H2/q3*+2;;;;;;/p-6. The molecule has 0 aromatic heterocycles. The minimum atomic E-state index is 0. The maximum Gasteiger partial charge on any atom is 2.00 e. The summed E-state index contributed by atoms with van der Waals surface area (Å²) in [6, 6.07) is 0. The van der Waals surface area contributed by atoms with E-state index >= 15 is 0 Å². The molecule has 0 aromatic carbocycles. The van der Waals surface area contributed by atoms with Gasteiger partial charge in [0.15, 0.2) is 0 Å². The molecule has 0 atom stereocenters. The third-order valence-electron chi connectivity index (χ3n) is 0. The van der Waals surface area contributed by atoms with E-state index in [1.807, 2.05) is 0 Å². The van der Waals surface area contributed by atoms with E-state index in [0.29, 0.717) is 0 Å². The first-order chi connectivity index (χ1) is 0. The Kier molecular flexibility index (Phi) is 23300. The summed E-state index contributed by atoms with van der Waals surface area (Å²) in [6.07, 6.45) is 0. The van der Waals surface area contributed by atoms with E-state index < -0.39 is 0 Å². The molecule has 6 nitrogen and oxygen atoms in total. The third-order valence-corrected chi connectivity index (χ3v) is 0. The van der Waals surface area contributed by atoms with Crippen LogP contribution in [0.5, 0.6) is 0 Å². The normalized spacial score (nSPS) is 0. The molecule has 9 heavy (non-hydrogen) atoms. The van der Waals surface area contributed by atoms with Crippen molar-refractivity contribution in [2.75, 3.05) is 0 Å². The summed E-state index contributed by atoms with van der Waals surface area (Å²) in [5.41, 5.74) is 0. The summed E-state index contributed by atoms with van der Waals surface area (Å²) < 4.78 is 0. The van der Waals surface area contributed by atoms with Crippen LogP contribution in [0.15, 0.2) is 0 Å². The molecule has 0 aliphatic heterocycles. The van der Waals surface area contributed by atoms with Gasteiger partial charge in [-0.15, -0.1) is 0 Å². The molecule has 0 fully saturated rings. The van der Waals surface area contributed by atoms with Crippen molar-refractivity contribution in [1.29, 1.82) is 0 Å². The Hall–Kier alpha value is 1.28. The van der Waals surface area contributed by atoms with Crippen LogP contribution in [0.4, 0.5) is 0 Å². The fourth-order valence-corrected chi connectivity index (χ4v) is 0. The number of hydrogen-bond acceptors (Lipinski definition) is 6. The summed E-state index contributed by atoms with van der Waals surface area (Å²) in [5, 5.41) is 0.